The third-order valence-electron chi connectivity index (χ3n) is 2.75. The van der Waals surface area contributed by atoms with E-state index in [0.717, 1.165) is 15.4 Å². The molecule has 0 atom stereocenters. The van der Waals surface area contributed by atoms with Crippen molar-refractivity contribution < 1.29 is 4.52 Å². The van der Waals surface area contributed by atoms with Crippen LogP contribution in [0, 0.1) is 0 Å². The summed E-state index contributed by atoms with van der Waals surface area (Å²) in [4.78, 5) is 6.48. The van der Waals surface area contributed by atoms with E-state index < -0.39 is 0 Å². The number of hydrogen-bond donors (Lipinski definition) is 1. The van der Waals surface area contributed by atoms with Gasteiger partial charge < -0.3 is 4.52 Å². The Hall–Kier alpha value is -2.25. The van der Waals surface area contributed by atoms with E-state index in [1.807, 2.05) is 41.1 Å². The van der Waals surface area contributed by atoms with Gasteiger partial charge in [-0.05, 0) is 29.0 Å². The van der Waals surface area contributed by atoms with Gasteiger partial charge in [-0.2, -0.15) is 10.1 Å². The summed E-state index contributed by atoms with van der Waals surface area (Å²) in [7, 11) is 0. The topological polar surface area (TPSA) is 67.6 Å². The van der Waals surface area contributed by atoms with Crippen molar-refractivity contribution in [2.24, 2.45) is 0 Å². The van der Waals surface area contributed by atoms with Crippen LogP contribution >= 0.6 is 22.7 Å². The maximum atomic E-state index is 5.27. The van der Waals surface area contributed by atoms with Gasteiger partial charge in [-0.15, -0.1) is 22.7 Å². The first kappa shape index (κ1) is 11.6. The van der Waals surface area contributed by atoms with E-state index in [4.69, 9.17) is 4.52 Å². The van der Waals surface area contributed by atoms with Gasteiger partial charge in [0.2, 0.25) is 5.82 Å². The minimum absolute atomic E-state index is 0.424. The number of aromatic nitrogens is 4. The Bertz CT molecular complexity index is 744. The summed E-state index contributed by atoms with van der Waals surface area (Å²) in [6, 6.07) is 9.87. The lowest BCUT2D eigenvalue weighted by molar-refractivity contribution is 0.431. The lowest BCUT2D eigenvalue weighted by Gasteiger charge is -1.86. The van der Waals surface area contributed by atoms with Crippen molar-refractivity contribution >= 4 is 22.7 Å². The van der Waals surface area contributed by atoms with Crippen LogP contribution in [-0.4, -0.2) is 20.3 Å². The van der Waals surface area contributed by atoms with Crippen LogP contribution in [0.15, 0.2) is 45.6 Å². The van der Waals surface area contributed by atoms with Gasteiger partial charge in [0, 0.05) is 0 Å². The SMILES string of the molecule is c1csc(-c2noc(-c3cc(-c4cccs4)[nH]n3)n2)c1. The summed E-state index contributed by atoms with van der Waals surface area (Å²) in [6.45, 7) is 0. The Kier molecular flexibility index (Phi) is 2.71. The van der Waals surface area contributed by atoms with Gasteiger partial charge in [-0.3, -0.25) is 5.10 Å². The molecule has 0 amide bonds. The number of hydrogen-bond acceptors (Lipinski definition) is 6. The predicted octanol–water partition coefficient (Wildman–Crippen LogP) is 3.92. The van der Waals surface area contributed by atoms with Gasteiger partial charge >= 0.3 is 0 Å². The van der Waals surface area contributed by atoms with Crippen LogP contribution in [0.2, 0.25) is 0 Å². The molecule has 0 bridgehead atoms. The molecule has 0 unspecified atom stereocenters. The second-order valence-electron chi connectivity index (χ2n) is 4.04. The zero-order valence-corrected chi connectivity index (χ0v) is 11.7. The van der Waals surface area contributed by atoms with Gasteiger partial charge in [-0.25, -0.2) is 0 Å². The quantitative estimate of drug-likeness (QED) is 0.622. The standard InChI is InChI=1S/C13H8N4OS2/c1-3-10(19-5-1)8-7-9(16-15-8)13-14-12(17-18-13)11-4-2-6-20-11/h1-7H,(H,15,16). The molecule has 0 saturated carbocycles. The molecule has 4 aromatic heterocycles. The van der Waals surface area contributed by atoms with Crippen molar-refractivity contribution in [1.29, 1.82) is 0 Å². The van der Waals surface area contributed by atoms with Crippen molar-refractivity contribution in [1.82, 2.24) is 20.3 Å². The Morgan fingerprint density at radius 3 is 2.60 bits per heavy atom. The molecule has 5 nitrogen and oxygen atoms in total. The molecule has 0 aliphatic rings. The summed E-state index contributed by atoms with van der Waals surface area (Å²) in [6.07, 6.45) is 0. The summed E-state index contributed by atoms with van der Waals surface area (Å²) in [5, 5.41) is 15.2. The van der Waals surface area contributed by atoms with E-state index in [1.165, 1.54) is 0 Å². The Labute approximate surface area is 121 Å². The summed E-state index contributed by atoms with van der Waals surface area (Å²) >= 11 is 3.23. The van der Waals surface area contributed by atoms with Crippen LogP contribution in [0.4, 0.5) is 0 Å². The van der Waals surface area contributed by atoms with Crippen LogP contribution in [0.5, 0.6) is 0 Å². The van der Waals surface area contributed by atoms with Crippen molar-refractivity contribution in [3.8, 4) is 32.9 Å². The Balaban J connectivity index is 1.68. The van der Waals surface area contributed by atoms with E-state index >= 15 is 0 Å². The third kappa shape index (κ3) is 1.97. The minimum Gasteiger partial charge on any atom is -0.332 e. The third-order valence-corrected chi connectivity index (χ3v) is 4.52. The monoisotopic (exact) mass is 300 g/mol. The number of rotatable bonds is 3. The zero-order valence-electron chi connectivity index (χ0n) is 10.1. The zero-order chi connectivity index (χ0) is 13.4. The molecule has 0 aromatic carbocycles. The fraction of sp³-hybridized carbons (Fsp3) is 0. The average molecular weight is 300 g/mol. The maximum Gasteiger partial charge on any atom is 0.278 e. The van der Waals surface area contributed by atoms with E-state index in [0.29, 0.717) is 17.4 Å². The van der Waals surface area contributed by atoms with E-state index in [-0.39, 0.29) is 0 Å². The molecular weight excluding hydrogens is 292 g/mol. The molecule has 7 heteroatoms. The second kappa shape index (κ2) is 4.69. The molecule has 0 saturated heterocycles. The lowest BCUT2D eigenvalue weighted by Crippen LogP contribution is -1.78. The van der Waals surface area contributed by atoms with Crippen molar-refractivity contribution in [3.05, 3.63) is 41.1 Å². The van der Waals surface area contributed by atoms with Crippen LogP contribution < -0.4 is 0 Å². The highest BCUT2D eigenvalue weighted by Gasteiger charge is 2.14. The fourth-order valence-electron chi connectivity index (χ4n) is 1.82. The van der Waals surface area contributed by atoms with Gasteiger partial charge in [0.25, 0.3) is 5.89 Å². The van der Waals surface area contributed by atoms with E-state index in [1.54, 1.807) is 22.7 Å². The normalized spacial score (nSPS) is 11.0. The molecule has 20 heavy (non-hydrogen) atoms. The fourth-order valence-corrected chi connectivity index (χ4v) is 3.16. The molecule has 0 spiro atoms. The Morgan fingerprint density at radius 1 is 1.05 bits per heavy atom. The highest BCUT2D eigenvalue weighted by molar-refractivity contribution is 7.13. The highest BCUT2D eigenvalue weighted by Crippen LogP contribution is 2.28. The molecular formula is C13H8N4OS2. The molecule has 0 fully saturated rings. The first-order chi connectivity index (χ1) is 9.90. The molecule has 4 aromatic rings. The van der Waals surface area contributed by atoms with Crippen LogP contribution in [0.25, 0.3) is 32.9 Å². The molecule has 1 N–H and O–H groups in total. The van der Waals surface area contributed by atoms with E-state index in [9.17, 15) is 0 Å². The number of nitrogens with zero attached hydrogens (tertiary/aromatic N) is 3. The number of nitrogens with one attached hydrogen (secondary N) is 1. The number of aromatic amines is 1. The molecule has 0 aliphatic heterocycles. The maximum absolute atomic E-state index is 5.27. The van der Waals surface area contributed by atoms with Crippen molar-refractivity contribution in [2.45, 2.75) is 0 Å². The van der Waals surface area contributed by atoms with Crippen LogP contribution in [0.1, 0.15) is 0 Å². The van der Waals surface area contributed by atoms with Gasteiger partial charge in [0.05, 0.1) is 15.4 Å². The van der Waals surface area contributed by atoms with Crippen LogP contribution in [-0.2, 0) is 0 Å². The van der Waals surface area contributed by atoms with Gasteiger partial charge in [0.15, 0.2) is 5.69 Å². The van der Waals surface area contributed by atoms with Gasteiger partial charge in [0.1, 0.15) is 0 Å². The lowest BCUT2D eigenvalue weighted by atomic mass is 10.3. The predicted molar refractivity (Wildman–Crippen MR) is 78.5 cm³/mol. The van der Waals surface area contributed by atoms with Crippen molar-refractivity contribution in [3.63, 3.8) is 0 Å². The first-order valence-corrected chi connectivity index (χ1v) is 7.63. The second-order valence-corrected chi connectivity index (χ2v) is 5.94. The van der Waals surface area contributed by atoms with Crippen LogP contribution in [0.3, 0.4) is 0 Å². The first-order valence-electron chi connectivity index (χ1n) is 5.87. The highest BCUT2D eigenvalue weighted by atomic mass is 32.1. The summed E-state index contributed by atoms with van der Waals surface area (Å²) in [5.74, 6) is 1.02. The number of thiophene rings is 2. The molecule has 0 radical (unpaired) electrons. The average Bonchev–Trinajstić information content (AvgIpc) is 3.22. The summed E-state index contributed by atoms with van der Waals surface area (Å²) in [5.41, 5.74) is 1.61. The summed E-state index contributed by atoms with van der Waals surface area (Å²) < 4.78 is 5.27. The molecule has 0 aliphatic carbocycles. The van der Waals surface area contributed by atoms with E-state index in [2.05, 4.69) is 20.3 Å². The van der Waals surface area contributed by atoms with Gasteiger partial charge in [-0.1, -0.05) is 17.3 Å². The molecule has 4 heterocycles. The minimum atomic E-state index is 0.424. The van der Waals surface area contributed by atoms with Crippen molar-refractivity contribution in [2.75, 3.05) is 0 Å². The largest absolute Gasteiger partial charge is 0.332 e. The molecule has 4 rings (SSSR count). The smallest absolute Gasteiger partial charge is 0.278 e. The molecule has 98 valence electrons. The Morgan fingerprint density at radius 2 is 1.85 bits per heavy atom. The number of H-pyrrole nitrogens is 1.